The summed E-state index contributed by atoms with van der Waals surface area (Å²) in [6, 6.07) is 13.1. The number of nitrogens with zero attached hydrogens (tertiary/aromatic N) is 4. The number of hydrogen-bond donors (Lipinski definition) is 1. The summed E-state index contributed by atoms with van der Waals surface area (Å²) in [6.07, 6.45) is -4.30. The van der Waals surface area contributed by atoms with Crippen molar-refractivity contribution in [2.75, 3.05) is 11.1 Å². The molecule has 0 saturated carbocycles. The molecular formula is C17H13ClF3N5OS. The molecule has 1 amide bonds. The van der Waals surface area contributed by atoms with Crippen LogP contribution >= 0.6 is 23.4 Å². The van der Waals surface area contributed by atoms with Gasteiger partial charge in [0.1, 0.15) is 6.54 Å². The standard InChI is InChI=1S/C17H13ClF3N5OS/c18-12-7-5-11(6-8-12)16-23-25-26(24-16)9-15(27)22-13-3-1-2-4-14(13)28-10-17(19,20)21/h1-8H,9-10H2,(H,22,27). The summed E-state index contributed by atoms with van der Waals surface area (Å²) in [6.45, 7) is -0.237. The summed E-state index contributed by atoms with van der Waals surface area (Å²) in [5.74, 6) is -1.21. The average Bonchev–Trinajstić information content (AvgIpc) is 3.09. The van der Waals surface area contributed by atoms with Crippen molar-refractivity contribution in [2.45, 2.75) is 17.6 Å². The molecule has 3 aromatic rings. The highest BCUT2D eigenvalue weighted by atomic mass is 35.5. The molecule has 11 heteroatoms. The maximum absolute atomic E-state index is 12.4. The first kappa shape index (κ1) is 20.2. The zero-order chi connectivity index (χ0) is 20.1. The number of hydrogen-bond acceptors (Lipinski definition) is 5. The molecule has 3 rings (SSSR count). The number of amides is 1. The number of anilines is 1. The van der Waals surface area contributed by atoms with E-state index in [-0.39, 0.29) is 6.54 Å². The third-order valence-corrected chi connectivity index (χ3v) is 4.78. The lowest BCUT2D eigenvalue weighted by Gasteiger charge is -2.11. The van der Waals surface area contributed by atoms with E-state index in [2.05, 4.69) is 20.7 Å². The number of carbonyl (C=O) groups excluding carboxylic acids is 1. The SMILES string of the molecule is O=C(Cn1nnc(-c2ccc(Cl)cc2)n1)Nc1ccccc1SCC(F)(F)F. The highest BCUT2D eigenvalue weighted by Gasteiger charge is 2.27. The molecule has 0 saturated heterocycles. The Morgan fingerprint density at radius 3 is 2.57 bits per heavy atom. The van der Waals surface area contributed by atoms with Crippen LogP contribution in [0, 0.1) is 0 Å². The fourth-order valence-corrected chi connectivity index (χ4v) is 3.09. The van der Waals surface area contributed by atoms with Gasteiger partial charge in [0.2, 0.25) is 11.7 Å². The van der Waals surface area contributed by atoms with Crippen LogP contribution in [0.5, 0.6) is 0 Å². The van der Waals surface area contributed by atoms with Crippen molar-refractivity contribution in [1.82, 2.24) is 20.2 Å². The van der Waals surface area contributed by atoms with Crippen LogP contribution in [0.2, 0.25) is 5.02 Å². The Morgan fingerprint density at radius 1 is 1.14 bits per heavy atom. The Hall–Kier alpha value is -2.59. The van der Waals surface area contributed by atoms with Gasteiger partial charge in [-0.3, -0.25) is 4.79 Å². The fraction of sp³-hybridized carbons (Fsp3) is 0.176. The van der Waals surface area contributed by atoms with E-state index >= 15 is 0 Å². The first-order valence-electron chi connectivity index (χ1n) is 7.92. The molecule has 0 atom stereocenters. The maximum atomic E-state index is 12.4. The van der Waals surface area contributed by atoms with E-state index in [1.54, 1.807) is 36.4 Å². The molecule has 0 spiro atoms. The molecule has 0 bridgehead atoms. The monoisotopic (exact) mass is 427 g/mol. The van der Waals surface area contributed by atoms with E-state index in [0.717, 1.165) is 4.80 Å². The van der Waals surface area contributed by atoms with Crippen molar-refractivity contribution in [3.8, 4) is 11.4 Å². The molecule has 0 fully saturated rings. The lowest BCUT2D eigenvalue weighted by atomic mass is 10.2. The highest BCUT2D eigenvalue weighted by Crippen LogP contribution is 2.32. The average molecular weight is 428 g/mol. The summed E-state index contributed by atoms with van der Waals surface area (Å²) in [4.78, 5) is 13.7. The number of nitrogens with one attached hydrogen (secondary N) is 1. The number of aromatic nitrogens is 4. The van der Waals surface area contributed by atoms with Gasteiger partial charge in [-0.05, 0) is 41.6 Å². The minimum absolute atomic E-state index is 0.237. The van der Waals surface area contributed by atoms with Crippen LogP contribution in [0.1, 0.15) is 0 Å². The summed E-state index contributed by atoms with van der Waals surface area (Å²) in [7, 11) is 0. The van der Waals surface area contributed by atoms with Gasteiger partial charge in [0.25, 0.3) is 0 Å². The normalized spacial score (nSPS) is 11.4. The number of para-hydroxylation sites is 1. The van der Waals surface area contributed by atoms with Gasteiger partial charge >= 0.3 is 6.18 Å². The van der Waals surface area contributed by atoms with Crippen molar-refractivity contribution in [2.24, 2.45) is 0 Å². The van der Waals surface area contributed by atoms with Crippen molar-refractivity contribution in [3.05, 3.63) is 53.6 Å². The first-order chi connectivity index (χ1) is 13.3. The number of tetrazole rings is 1. The number of carbonyl (C=O) groups is 1. The van der Waals surface area contributed by atoms with Crippen molar-refractivity contribution in [1.29, 1.82) is 0 Å². The van der Waals surface area contributed by atoms with Crippen LogP contribution < -0.4 is 5.32 Å². The number of benzene rings is 2. The lowest BCUT2D eigenvalue weighted by Crippen LogP contribution is -2.21. The Bertz CT molecular complexity index is 962. The van der Waals surface area contributed by atoms with Gasteiger partial charge in [-0.25, -0.2) is 0 Å². The van der Waals surface area contributed by atoms with Crippen LogP contribution in [0.3, 0.4) is 0 Å². The van der Waals surface area contributed by atoms with Gasteiger partial charge in [-0.2, -0.15) is 18.0 Å². The molecule has 0 aliphatic carbocycles. The Kier molecular flexibility index (Phi) is 6.20. The molecule has 0 radical (unpaired) electrons. The molecule has 1 aromatic heterocycles. The van der Waals surface area contributed by atoms with E-state index in [1.807, 2.05) is 0 Å². The van der Waals surface area contributed by atoms with Gasteiger partial charge in [-0.1, -0.05) is 23.7 Å². The highest BCUT2D eigenvalue weighted by molar-refractivity contribution is 7.99. The van der Waals surface area contributed by atoms with Gasteiger partial charge in [0.05, 0.1) is 11.4 Å². The number of rotatable bonds is 6. The van der Waals surface area contributed by atoms with Crippen LogP contribution in [0.15, 0.2) is 53.4 Å². The smallest absolute Gasteiger partial charge is 0.323 e. The second kappa shape index (κ2) is 8.61. The fourth-order valence-electron chi connectivity index (χ4n) is 2.20. The van der Waals surface area contributed by atoms with E-state index in [0.29, 0.717) is 38.8 Å². The van der Waals surface area contributed by atoms with Crippen LogP contribution in [-0.2, 0) is 11.3 Å². The van der Waals surface area contributed by atoms with Gasteiger partial charge < -0.3 is 5.32 Å². The molecular weight excluding hydrogens is 415 g/mol. The van der Waals surface area contributed by atoms with Crippen molar-refractivity contribution >= 4 is 35.0 Å². The molecule has 0 aliphatic rings. The summed E-state index contributed by atoms with van der Waals surface area (Å²) < 4.78 is 37.3. The van der Waals surface area contributed by atoms with Crippen molar-refractivity contribution < 1.29 is 18.0 Å². The Morgan fingerprint density at radius 2 is 1.86 bits per heavy atom. The zero-order valence-corrected chi connectivity index (χ0v) is 15.7. The third-order valence-electron chi connectivity index (χ3n) is 3.39. The van der Waals surface area contributed by atoms with E-state index < -0.39 is 17.8 Å². The zero-order valence-electron chi connectivity index (χ0n) is 14.2. The maximum Gasteiger partial charge on any atom is 0.398 e. The first-order valence-corrected chi connectivity index (χ1v) is 9.29. The van der Waals surface area contributed by atoms with Gasteiger partial charge in [-0.15, -0.1) is 22.0 Å². The molecule has 1 heterocycles. The molecule has 1 N–H and O–H groups in total. The van der Waals surface area contributed by atoms with Gasteiger partial charge in [0, 0.05) is 15.5 Å². The summed E-state index contributed by atoms with van der Waals surface area (Å²) in [5.41, 5.74) is 0.977. The van der Waals surface area contributed by atoms with Crippen LogP contribution in [-0.4, -0.2) is 38.0 Å². The minimum atomic E-state index is -4.30. The lowest BCUT2D eigenvalue weighted by molar-refractivity contribution is -0.117. The van der Waals surface area contributed by atoms with E-state index in [4.69, 9.17) is 11.6 Å². The second-order valence-corrected chi connectivity index (χ2v) is 7.05. The predicted molar refractivity (Wildman–Crippen MR) is 100 cm³/mol. The number of thioether (sulfide) groups is 1. The quantitative estimate of drug-likeness (QED) is 0.594. The van der Waals surface area contributed by atoms with Crippen molar-refractivity contribution in [3.63, 3.8) is 0 Å². The van der Waals surface area contributed by atoms with Gasteiger partial charge in [0.15, 0.2) is 0 Å². The van der Waals surface area contributed by atoms with E-state index in [1.165, 1.54) is 12.1 Å². The molecule has 0 unspecified atom stereocenters. The minimum Gasteiger partial charge on any atom is -0.323 e. The molecule has 2 aromatic carbocycles. The largest absolute Gasteiger partial charge is 0.398 e. The summed E-state index contributed by atoms with van der Waals surface area (Å²) >= 11 is 6.44. The molecule has 28 heavy (non-hydrogen) atoms. The molecule has 146 valence electrons. The summed E-state index contributed by atoms with van der Waals surface area (Å²) in [5, 5.41) is 15.0. The Balaban J connectivity index is 1.64. The third kappa shape index (κ3) is 5.70. The number of halogens is 4. The Labute approximate surface area is 167 Å². The van der Waals surface area contributed by atoms with Crippen LogP contribution in [0.4, 0.5) is 18.9 Å². The predicted octanol–water partition coefficient (Wildman–Crippen LogP) is 4.29. The topological polar surface area (TPSA) is 72.7 Å². The molecule has 6 nitrogen and oxygen atoms in total. The number of alkyl halides is 3. The van der Waals surface area contributed by atoms with E-state index in [9.17, 15) is 18.0 Å². The molecule has 0 aliphatic heterocycles. The second-order valence-electron chi connectivity index (χ2n) is 5.60. The van der Waals surface area contributed by atoms with Crippen LogP contribution in [0.25, 0.3) is 11.4 Å².